The predicted octanol–water partition coefficient (Wildman–Crippen LogP) is 2.99. The van der Waals surface area contributed by atoms with Crippen molar-refractivity contribution in [3.8, 4) is 10.6 Å². The van der Waals surface area contributed by atoms with Crippen molar-refractivity contribution in [3.05, 3.63) is 60.2 Å². The number of nitrogens with one attached hydrogen (secondary N) is 1. The van der Waals surface area contributed by atoms with Gasteiger partial charge in [0.2, 0.25) is 5.13 Å². The highest BCUT2D eigenvalue weighted by atomic mass is 32.1. The van der Waals surface area contributed by atoms with E-state index in [0.29, 0.717) is 10.1 Å². The molecule has 0 atom stereocenters. The molecule has 0 radical (unpaired) electrons. The molecule has 2 aromatic heterocycles. The van der Waals surface area contributed by atoms with Crippen LogP contribution in [0.4, 0.5) is 9.52 Å². The third kappa shape index (κ3) is 3.09. The molecule has 21 heavy (non-hydrogen) atoms. The molecule has 0 saturated carbocycles. The maximum Gasteiger partial charge on any atom is 0.257 e. The number of aromatic nitrogens is 3. The number of rotatable bonds is 3. The predicted molar refractivity (Wildman–Crippen MR) is 77.5 cm³/mol. The molecule has 0 spiro atoms. The van der Waals surface area contributed by atoms with Crippen molar-refractivity contribution in [2.45, 2.75) is 0 Å². The fraction of sp³-hybridized carbons (Fsp3) is 0. The van der Waals surface area contributed by atoms with Crippen LogP contribution in [-0.4, -0.2) is 21.1 Å². The van der Waals surface area contributed by atoms with Crippen LogP contribution < -0.4 is 5.32 Å². The van der Waals surface area contributed by atoms with Crippen LogP contribution in [0.15, 0.2) is 48.8 Å². The number of amides is 1. The van der Waals surface area contributed by atoms with E-state index in [1.807, 2.05) is 0 Å². The Hall–Kier alpha value is -2.67. The van der Waals surface area contributed by atoms with Crippen LogP contribution in [0.25, 0.3) is 10.6 Å². The average molecular weight is 300 g/mol. The minimum atomic E-state index is -0.461. The van der Waals surface area contributed by atoms with E-state index >= 15 is 0 Å². The largest absolute Gasteiger partial charge is 0.296 e. The highest BCUT2D eigenvalue weighted by Gasteiger charge is 2.11. The second kappa shape index (κ2) is 5.76. The van der Waals surface area contributed by atoms with Gasteiger partial charge in [-0.3, -0.25) is 15.1 Å². The van der Waals surface area contributed by atoms with E-state index in [-0.39, 0.29) is 5.56 Å². The number of anilines is 1. The van der Waals surface area contributed by atoms with E-state index < -0.39 is 11.7 Å². The lowest BCUT2D eigenvalue weighted by Crippen LogP contribution is -2.11. The van der Waals surface area contributed by atoms with Crippen molar-refractivity contribution >= 4 is 22.4 Å². The Labute approximate surface area is 123 Å². The summed E-state index contributed by atoms with van der Waals surface area (Å²) in [6.07, 6.45) is 3.31. The molecule has 5 nitrogen and oxygen atoms in total. The molecule has 1 N–H and O–H groups in total. The summed E-state index contributed by atoms with van der Waals surface area (Å²) in [6, 6.07) is 9.07. The molecule has 0 aliphatic heterocycles. The van der Waals surface area contributed by atoms with Crippen molar-refractivity contribution in [1.29, 1.82) is 0 Å². The quantitative estimate of drug-likeness (QED) is 0.807. The molecule has 3 aromatic rings. The summed E-state index contributed by atoms with van der Waals surface area (Å²) in [5, 5.41) is 11.5. The first kappa shape index (κ1) is 13.3. The number of pyridine rings is 1. The number of halogens is 1. The first-order valence-corrected chi connectivity index (χ1v) is 6.85. The van der Waals surface area contributed by atoms with Crippen LogP contribution in [0.2, 0.25) is 0 Å². The van der Waals surface area contributed by atoms with E-state index in [1.165, 1.54) is 35.6 Å². The number of carbonyl (C=O) groups excluding carboxylic acids is 1. The van der Waals surface area contributed by atoms with Gasteiger partial charge in [-0.25, -0.2) is 4.39 Å². The number of hydrogen-bond donors (Lipinski definition) is 1. The van der Waals surface area contributed by atoms with E-state index in [0.717, 1.165) is 5.56 Å². The van der Waals surface area contributed by atoms with Crippen LogP contribution in [-0.2, 0) is 0 Å². The van der Waals surface area contributed by atoms with Gasteiger partial charge in [-0.2, -0.15) is 0 Å². The molecule has 1 amide bonds. The summed E-state index contributed by atoms with van der Waals surface area (Å²) >= 11 is 1.24. The van der Waals surface area contributed by atoms with Gasteiger partial charge in [-0.1, -0.05) is 17.4 Å². The number of hydrogen-bond acceptors (Lipinski definition) is 5. The van der Waals surface area contributed by atoms with Gasteiger partial charge in [0, 0.05) is 23.5 Å². The normalized spacial score (nSPS) is 10.3. The van der Waals surface area contributed by atoms with Gasteiger partial charge in [0.25, 0.3) is 5.91 Å². The van der Waals surface area contributed by atoms with Crippen molar-refractivity contribution < 1.29 is 9.18 Å². The summed E-state index contributed by atoms with van der Waals surface area (Å²) in [5.41, 5.74) is 1.10. The van der Waals surface area contributed by atoms with E-state index in [4.69, 9.17) is 0 Å². The molecule has 104 valence electrons. The Bertz CT molecular complexity index is 775. The molecule has 1 aromatic carbocycles. The lowest BCUT2D eigenvalue weighted by molar-refractivity contribution is 0.102. The van der Waals surface area contributed by atoms with Crippen molar-refractivity contribution in [2.24, 2.45) is 0 Å². The lowest BCUT2D eigenvalue weighted by atomic mass is 10.2. The Morgan fingerprint density at radius 1 is 1.14 bits per heavy atom. The number of carbonyl (C=O) groups is 1. The van der Waals surface area contributed by atoms with Crippen LogP contribution in [0.1, 0.15) is 10.4 Å². The average Bonchev–Trinajstić information content (AvgIpc) is 2.97. The molecule has 0 fully saturated rings. The van der Waals surface area contributed by atoms with Gasteiger partial charge < -0.3 is 0 Å². The smallest absolute Gasteiger partial charge is 0.257 e. The monoisotopic (exact) mass is 300 g/mol. The molecular formula is C14H9FN4OS. The topological polar surface area (TPSA) is 67.8 Å². The first-order chi connectivity index (χ1) is 10.2. The second-order valence-electron chi connectivity index (χ2n) is 4.11. The number of nitrogens with zero attached hydrogens (tertiary/aromatic N) is 3. The highest BCUT2D eigenvalue weighted by Crippen LogP contribution is 2.25. The zero-order chi connectivity index (χ0) is 14.7. The van der Waals surface area contributed by atoms with Gasteiger partial charge >= 0.3 is 0 Å². The first-order valence-electron chi connectivity index (χ1n) is 6.03. The Balaban J connectivity index is 1.77. The summed E-state index contributed by atoms with van der Waals surface area (Å²) < 4.78 is 13.1. The van der Waals surface area contributed by atoms with Gasteiger partial charge in [0.15, 0.2) is 0 Å². The lowest BCUT2D eigenvalue weighted by Gasteiger charge is -2.00. The Kier molecular flexibility index (Phi) is 3.65. The van der Waals surface area contributed by atoms with Gasteiger partial charge in [0.1, 0.15) is 10.8 Å². The van der Waals surface area contributed by atoms with Gasteiger partial charge in [0.05, 0.1) is 0 Å². The summed E-state index contributed by atoms with van der Waals surface area (Å²) in [7, 11) is 0. The second-order valence-corrected chi connectivity index (χ2v) is 5.09. The molecule has 0 bridgehead atoms. The van der Waals surface area contributed by atoms with Crippen molar-refractivity contribution in [2.75, 3.05) is 5.32 Å². The van der Waals surface area contributed by atoms with Crippen LogP contribution in [0, 0.1) is 5.82 Å². The maximum absolute atomic E-state index is 13.1. The van der Waals surface area contributed by atoms with E-state index in [2.05, 4.69) is 20.5 Å². The fourth-order valence-corrected chi connectivity index (χ4v) is 2.43. The molecule has 0 aliphatic carbocycles. The molecule has 2 heterocycles. The molecular weight excluding hydrogens is 291 g/mol. The molecule has 7 heteroatoms. The zero-order valence-electron chi connectivity index (χ0n) is 10.7. The molecule has 0 saturated heterocycles. The van der Waals surface area contributed by atoms with Crippen molar-refractivity contribution in [1.82, 2.24) is 15.2 Å². The summed E-state index contributed by atoms with van der Waals surface area (Å²) in [4.78, 5) is 15.9. The summed E-state index contributed by atoms with van der Waals surface area (Å²) in [5.74, 6) is -0.885. The third-order valence-electron chi connectivity index (χ3n) is 2.66. The summed E-state index contributed by atoms with van der Waals surface area (Å²) in [6.45, 7) is 0. The standard InChI is InChI=1S/C14H9FN4OS/c15-11-3-1-2-10(8-11)12(20)17-14-19-18-13(21-14)9-4-6-16-7-5-9/h1-8H,(H,17,19,20). The van der Waals surface area contributed by atoms with Crippen LogP contribution in [0.5, 0.6) is 0 Å². The highest BCUT2D eigenvalue weighted by molar-refractivity contribution is 7.18. The Morgan fingerprint density at radius 3 is 2.71 bits per heavy atom. The third-order valence-corrected chi connectivity index (χ3v) is 3.55. The van der Waals surface area contributed by atoms with E-state index in [9.17, 15) is 9.18 Å². The van der Waals surface area contributed by atoms with Crippen LogP contribution >= 0.6 is 11.3 Å². The molecule has 0 unspecified atom stereocenters. The molecule has 3 rings (SSSR count). The van der Waals surface area contributed by atoms with Gasteiger partial charge in [-0.05, 0) is 30.3 Å². The zero-order valence-corrected chi connectivity index (χ0v) is 11.5. The van der Waals surface area contributed by atoms with Crippen LogP contribution in [0.3, 0.4) is 0 Å². The van der Waals surface area contributed by atoms with Gasteiger partial charge in [-0.15, -0.1) is 10.2 Å². The van der Waals surface area contributed by atoms with Crippen molar-refractivity contribution in [3.63, 3.8) is 0 Å². The Morgan fingerprint density at radius 2 is 1.95 bits per heavy atom. The number of benzene rings is 1. The molecule has 0 aliphatic rings. The minimum Gasteiger partial charge on any atom is -0.296 e. The minimum absolute atomic E-state index is 0.232. The van der Waals surface area contributed by atoms with E-state index in [1.54, 1.807) is 24.5 Å². The SMILES string of the molecule is O=C(Nc1nnc(-c2ccncc2)s1)c1cccc(F)c1. The fourth-order valence-electron chi connectivity index (χ4n) is 1.68. The maximum atomic E-state index is 13.1.